The molecule has 1 rings (SSSR count). The minimum absolute atomic E-state index is 0.282. The van der Waals surface area contributed by atoms with E-state index in [2.05, 4.69) is 15.0 Å². The fraction of sp³-hybridized carbons (Fsp3) is 0.750. The number of esters is 1. The molecule has 1 aromatic rings. The molecule has 0 N–H and O–H groups in total. The van der Waals surface area contributed by atoms with Crippen LogP contribution in [0.3, 0.4) is 0 Å². The molecule has 0 aliphatic rings. The monoisotopic (exact) mass is 271 g/mol. The summed E-state index contributed by atoms with van der Waals surface area (Å²) in [4.78, 5) is 11.5. The molecule has 0 aliphatic carbocycles. The van der Waals surface area contributed by atoms with Crippen molar-refractivity contribution in [3.05, 3.63) is 11.4 Å². The topological polar surface area (TPSA) is 75.5 Å². The molecule has 7 nitrogen and oxygen atoms in total. The van der Waals surface area contributed by atoms with Crippen molar-refractivity contribution in [3.8, 4) is 0 Å². The molecular weight excluding hydrogens is 250 g/mol. The lowest BCUT2D eigenvalue weighted by molar-refractivity contribution is 0.0592. The normalized spacial score (nSPS) is 10.7. The lowest BCUT2D eigenvalue weighted by Gasteiger charge is -2.06. The molecule has 0 atom stereocenters. The lowest BCUT2D eigenvalue weighted by Crippen LogP contribution is -2.13. The summed E-state index contributed by atoms with van der Waals surface area (Å²) in [5.74, 6) is -0.455. The van der Waals surface area contributed by atoms with Gasteiger partial charge in [0, 0.05) is 20.3 Å². The zero-order valence-electron chi connectivity index (χ0n) is 11.7. The molecule has 0 aromatic carbocycles. The molecule has 108 valence electrons. The highest BCUT2D eigenvalue weighted by atomic mass is 16.5. The van der Waals surface area contributed by atoms with Crippen LogP contribution in [0.2, 0.25) is 0 Å². The van der Waals surface area contributed by atoms with E-state index in [1.54, 1.807) is 11.8 Å². The van der Waals surface area contributed by atoms with E-state index >= 15 is 0 Å². The quantitative estimate of drug-likeness (QED) is 0.485. The number of carbonyl (C=O) groups excluding carboxylic acids is 1. The molecule has 0 unspecified atom stereocenters. The van der Waals surface area contributed by atoms with Gasteiger partial charge in [0.1, 0.15) is 0 Å². The smallest absolute Gasteiger partial charge is 0.360 e. The first-order valence-corrected chi connectivity index (χ1v) is 6.31. The third-order valence-corrected chi connectivity index (χ3v) is 2.64. The minimum Gasteiger partial charge on any atom is -0.464 e. The Balaban J connectivity index is 2.45. The summed E-state index contributed by atoms with van der Waals surface area (Å²) in [6.07, 6.45) is 1.53. The Hall–Kier alpha value is -1.47. The molecule has 0 amide bonds. The average molecular weight is 271 g/mol. The van der Waals surface area contributed by atoms with E-state index in [-0.39, 0.29) is 5.69 Å². The third kappa shape index (κ3) is 4.60. The van der Waals surface area contributed by atoms with Gasteiger partial charge in [0.2, 0.25) is 0 Å². The highest BCUT2D eigenvalue weighted by Gasteiger charge is 2.18. The zero-order chi connectivity index (χ0) is 14.1. The van der Waals surface area contributed by atoms with E-state index in [4.69, 9.17) is 9.47 Å². The molecule has 1 aromatic heterocycles. The Morgan fingerprint density at radius 1 is 1.26 bits per heavy atom. The number of carbonyl (C=O) groups is 1. The Morgan fingerprint density at radius 2 is 2.05 bits per heavy atom. The first-order chi connectivity index (χ1) is 9.24. The number of methoxy groups -OCH3 is 2. The predicted molar refractivity (Wildman–Crippen MR) is 68.1 cm³/mol. The van der Waals surface area contributed by atoms with E-state index < -0.39 is 5.97 Å². The van der Waals surface area contributed by atoms with Gasteiger partial charge in [-0.15, -0.1) is 5.10 Å². The second-order valence-electron chi connectivity index (χ2n) is 3.91. The van der Waals surface area contributed by atoms with Crippen molar-refractivity contribution in [1.82, 2.24) is 15.0 Å². The summed E-state index contributed by atoms with van der Waals surface area (Å²) in [7, 11) is 3.00. The van der Waals surface area contributed by atoms with Crippen LogP contribution in [-0.2, 0) is 27.2 Å². The standard InChI is InChI=1S/C12H21N3O4/c1-4-10-11(12(16)18-3)13-14-15(10)6-9-19-8-5-7-17-2/h4-9H2,1-3H3. The number of rotatable bonds is 9. The second-order valence-corrected chi connectivity index (χ2v) is 3.91. The van der Waals surface area contributed by atoms with Crippen molar-refractivity contribution in [1.29, 1.82) is 0 Å². The Bertz CT molecular complexity index is 392. The van der Waals surface area contributed by atoms with Crippen molar-refractivity contribution >= 4 is 5.97 Å². The van der Waals surface area contributed by atoms with Crippen molar-refractivity contribution in [3.63, 3.8) is 0 Å². The summed E-state index contributed by atoms with van der Waals surface area (Å²) in [5, 5.41) is 7.80. The molecule has 0 saturated carbocycles. The summed E-state index contributed by atoms with van der Waals surface area (Å²) in [6, 6.07) is 0. The van der Waals surface area contributed by atoms with Crippen LogP contribution in [0, 0.1) is 0 Å². The predicted octanol–water partition coefficient (Wildman–Crippen LogP) is 0.680. The average Bonchev–Trinajstić information content (AvgIpc) is 2.84. The van der Waals surface area contributed by atoms with Gasteiger partial charge in [0.15, 0.2) is 5.69 Å². The number of hydrogen-bond donors (Lipinski definition) is 0. The van der Waals surface area contributed by atoms with Crippen LogP contribution in [0.15, 0.2) is 0 Å². The summed E-state index contributed by atoms with van der Waals surface area (Å²) in [6.45, 7) is 4.38. The van der Waals surface area contributed by atoms with Gasteiger partial charge in [-0.2, -0.15) is 0 Å². The molecule has 0 aliphatic heterocycles. The molecule has 19 heavy (non-hydrogen) atoms. The van der Waals surface area contributed by atoms with Gasteiger partial charge in [-0.25, -0.2) is 9.48 Å². The van der Waals surface area contributed by atoms with Crippen molar-refractivity contribution in [2.24, 2.45) is 0 Å². The highest BCUT2D eigenvalue weighted by Crippen LogP contribution is 2.07. The van der Waals surface area contributed by atoms with Crippen LogP contribution >= 0.6 is 0 Å². The summed E-state index contributed by atoms with van der Waals surface area (Å²) < 4.78 is 16.7. The SMILES string of the molecule is CCc1c(C(=O)OC)nnn1CCOCCCOC. The Kier molecular flexibility index (Phi) is 7.06. The maximum atomic E-state index is 11.5. The number of ether oxygens (including phenoxy) is 3. The molecule has 0 spiro atoms. The minimum atomic E-state index is -0.455. The lowest BCUT2D eigenvalue weighted by atomic mass is 10.2. The highest BCUT2D eigenvalue weighted by molar-refractivity contribution is 5.88. The fourth-order valence-electron chi connectivity index (χ4n) is 1.68. The molecule has 0 saturated heterocycles. The molecular formula is C12H21N3O4. The summed E-state index contributed by atoms with van der Waals surface area (Å²) >= 11 is 0. The van der Waals surface area contributed by atoms with E-state index in [1.165, 1.54) is 7.11 Å². The molecule has 1 heterocycles. The van der Waals surface area contributed by atoms with E-state index in [0.29, 0.717) is 32.8 Å². The van der Waals surface area contributed by atoms with E-state index in [0.717, 1.165) is 12.1 Å². The zero-order valence-corrected chi connectivity index (χ0v) is 11.7. The van der Waals surface area contributed by atoms with E-state index in [9.17, 15) is 4.79 Å². The number of nitrogens with zero attached hydrogens (tertiary/aromatic N) is 3. The maximum absolute atomic E-state index is 11.5. The van der Waals surface area contributed by atoms with Gasteiger partial charge in [-0.05, 0) is 12.8 Å². The van der Waals surface area contributed by atoms with Crippen LogP contribution in [-0.4, -0.2) is 55.0 Å². The Morgan fingerprint density at radius 3 is 2.68 bits per heavy atom. The number of hydrogen-bond acceptors (Lipinski definition) is 6. The first-order valence-electron chi connectivity index (χ1n) is 6.31. The van der Waals surface area contributed by atoms with Crippen LogP contribution in [0.1, 0.15) is 29.5 Å². The van der Waals surface area contributed by atoms with Gasteiger partial charge in [-0.3, -0.25) is 0 Å². The van der Waals surface area contributed by atoms with Crippen molar-refractivity contribution in [2.45, 2.75) is 26.3 Å². The van der Waals surface area contributed by atoms with Gasteiger partial charge >= 0.3 is 5.97 Å². The second kappa shape index (κ2) is 8.60. The van der Waals surface area contributed by atoms with Gasteiger partial charge in [0.25, 0.3) is 0 Å². The van der Waals surface area contributed by atoms with Crippen molar-refractivity contribution in [2.75, 3.05) is 34.0 Å². The third-order valence-electron chi connectivity index (χ3n) is 2.64. The fourth-order valence-corrected chi connectivity index (χ4v) is 1.68. The van der Waals surface area contributed by atoms with Crippen LogP contribution in [0.25, 0.3) is 0 Å². The van der Waals surface area contributed by atoms with Crippen molar-refractivity contribution < 1.29 is 19.0 Å². The van der Waals surface area contributed by atoms with Gasteiger partial charge in [-0.1, -0.05) is 12.1 Å². The van der Waals surface area contributed by atoms with Crippen LogP contribution in [0.5, 0.6) is 0 Å². The van der Waals surface area contributed by atoms with E-state index in [1.807, 2.05) is 6.92 Å². The van der Waals surface area contributed by atoms with Crippen LogP contribution in [0.4, 0.5) is 0 Å². The molecule has 0 bridgehead atoms. The van der Waals surface area contributed by atoms with Crippen LogP contribution < -0.4 is 0 Å². The molecule has 7 heteroatoms. The van der Waals surface area contributed by atoms with Gasteiger partial charge in [0.05, 0.1) is 26.0 Å². The Labute approximate surface area is 112 Å². The largest absolute Gasteiger partial charge is 0.464 e. The first kappa shape index (κ1) is 15.6. The molecule has 0 fully saturated rings. The molecule has 0 radical (unpaired) electrons. The number of aromatic nitrogens is 3. The van der Waals surface area contributed by atoms with Gasteiger partial charge < -0.3 is 14.2 Å². The maximum Gasteiger partial charge on any atom is 0.360 e. The summed E-state index contributed by atoms with van der Waals surface area (Å²) in [5.41, 5.74) is 1.05.